The Hall–Kier alpha value is -2.37. The lowest BCUT2D eigenvalue weighted by Gasteiger charge is -2.06. The summed E-state index contributed by atoms with van der Waals surface area (Å²) in [4.78, 5) is 32.8. The summed E-state index contributed by atoms with van der Waals surface area (Å²) in [5, 5.41) is 8.86. The molecule has 16 heavy (non-hydrogen) atoms. The van der Waals surface area contributed by atoms with Crippen molar-refractivity contribution in [2.24, 2.45) is 0 Å². The van der Waals surface area contributed by atoms with Crippen molar-refractivity contribution in [2.75, 3.05) is 5.73 Å². The number of carboxylic acids is 1. The summed E-state index contributed by atoms with van der Waals surface area (Å²) in [6.07, 6.45) is 0. The van der Waals surface area contributed by atoms with Crippen molar-refractivity contribution in [1.82, 2.24) is 0 Å². The minimum absolute atomic E-state index is 0.0643. The van der Waals surface area contributed by atoms with E-state index in [2.05, 4.69) is 4.74 Å². The van der Waals surface area contributed by atoms with Gasteiger partial charge in [0.25, 0.3) is 0 Å². The van der Waals surface area contributed by atoms with Gasteiger partial charge in [0.1, 0.15) is 0 Å². The number of nitrogen functional groups attached to an aromatic ring is 1. The van der Waals surface area contributed by atoms with Crippen LogP contribution in [0.4, 0.5) is 5.69 Å². The fraction of sp³-hybridized carbons (Fsp3) is 0.100. The molecule has 1 aromatic rings. The van der Waals surface area contributed by atoms with Crippen molar-refractivity contribution in [3.63, 3.8) is 0 Å². The molecule has 0 amide bonds. The second-order valence-corrected chi connectivity index (χ2v) is 2.96. The van der Waals surface area contributed by atoms with Gasteiger partial charge in [-0.1, -0.05) is 6.07 Å². The normalized spacial score (nSPS) is 9.56. The molecular weight excluding hydrogens is 214 g/mol. The number of ether oxygens (including phenoxy) is 1. The van der Waals surface area contributed by atoms with Gasteiger partial charge in [0, 0.05) is 12.6 Å². The van der Waals surface area contributed by atoms with Crippen LogP contribution in [-0.2, 0) is 9.53 Å². The molecule has 6 heteroatoms. The fourth-order valence-electron chi connectivity index (χ4n) is 1.16. The molecule has 0 heterocycles. The van der Waals surface area contributed by atoms with Gasteiger partial charge in [0.15, 0.2) is 0 Å². The summed E-state index contributed by atoms with van der Waals surface area (Å²) < 4.78 is 4.29. The van der Waals surface area contributed by atoms with Crippen LogP contribution >= 0.6 is 0 Å². The van der Waals surface area contributed by atoms with Crippen molar-refractivity contribution >= 4 is 23.6 Å². The molecule has 84 valence electrons. The third-order valence-corrected chi connectivity index (χ3v) is 1.77. The lowest BCUT2D eigenvalue weighted by atomic mass is 10.1. The number of rotatable bonds is 2. The third-order valence-electron chi connectivity index (χ3n) is 1.77. The lowest BCUT2D eigenvalue weighted by molar-refractivity contribution is -0.135. The van der Waals surface area contributed by atoms with E-state index in [4.69, 9.17) is 10.8 Å². The molecule has 0 spiro atoms. The van der Waals surface area contributed by atoms with E-state index in [0.29, 0.717) is 0 Å². The molecule has 0 radical (unpaired) electrons. The first-order valence-corrected chi connectivity index (χ1v) is 4.28. The fourth-order valence-corrected chi connectivity index (χ4v) is 1.16. The van der Waals surface area contributed by atoms with Crippen LogP contribution < -0.4 is 5.73 Å². The highest BCUT2D eigenvalue weighted by Gasteiger charge is 2.21. The van der Waals surface area contributed by atoms with Crippen molar-refractivity contribution < 1.29 is 24.2 Å². The van der Waals surface area contributed by atoms with Crippen LogP contribution in [0.3, 0.4) is 0 Å². The molecule has 0 aliphatic carbocycles. The Morgan fingerprint density at radius 1 is 1.31 bits per heavy atom. The van der Waals surface area contributed by atoms with Gasteiger partial charge in [0.2, 0.25) is 0 Å². The number of carboxylic acid groups (broad SMARTS) is 1. The van der Waals surface area contributed by atoms with E-state index in [9.17, 15) is 14.4 Å². The molecule has 1 rings (SSSR count). The topological polar surface area (TPSA) is 107 Å². The van der Waals surface area contributed by atoms with Gasteiger partial charge < -0.3 is 15.6 Å². The van der Waals surface area contributed by atoms with Crippen LogP contribution in [-0.4, -0.2) is 23.0 Å². The largest absolute Gasteiger partial charge is 0.478 e. The van der Waals surface area contributed by atoms with Gasteiger partial charge in [-0.15, -0.1) is 0 Å². The second kappa shape index (κ2) is 4.43. The van der Waals surface area contributed by atoms with Crippen LogP contribution in [0.1, 0.15) is 27.6 Å². The number of benzene rings is 1. The molecule has 0 bridgehead atoms. The van der Waals surface area contributed by atoms with E-state index in [1.807, 2.05) is 0 Å². The molecule has 0 saturated heterocycles. The van der Waals surface area contributed by atoms with Gasteiger partial charge in [-0.2, -0.15) is 0 Å². The van der Waals surface area contributed by atoms with Gasteiger partial charge >= 0.3 is 17.9 Å². The number of carbonyl (C=O) groups is 3. The maximum Gasteiger partial charge on any atom is 0.346 e. The Morgan fingerprint density at radius 3 is 2.44 bits per heavy atom. The number of aromatic carboxylic acids is 1. The van der Waals surface area contributed by atoms with Crippen molar-refractivity contribution in [1.29, 1.82) is 0 Å². The van der Waals surface area contributed by atoms with Crippen molar-refractivity contribution in [2.45, 2.75) is 6.92 Å². The number of esters is 2. The average Bonchev–Trinajstić information content (AvgIpc) is 2.15. The summed E-state index contributed by atoms with van der Waals surface area (Å²) in [5.74, 6) is -3.20. The molecule has 0 aliphatic heterocycles. The average molecular weight is 223 g/mol. The number of anilines is 1. The summed E-state index contributed by atoms with van der Waals surface area (Å²) in [5.41, 5.74) is 4.74. The summed E-state index contributed by atoms with van der Waals surface area (Å²) in [6, 6.07) is 3.97. The van der Waals surface area contributed by atoms with E-state index in [1.54, 1.807) is 0 Å². The first kappa shape index (κ1) is 11.7. The van der Waals surface area contributed by atoms with Crippen LogP contribution in [0.15, 0.2) is 18.2 Å². The Morgan fingerprint density at radius 2 is 1.94 bits per heavy atom. The standard InChI is InChI=1S/C10H9NO5/c1-5(12)16-10(15)6-3-2-4-7(11)8(6)9(13)14/h2-4H,11H2,1H3,(H,13,14). The zero-order valence-electron chi connectivity index (χ0n) is 8.39. The number of hydrogen-bond donors (Lipinski definition) is 2. The zero-order valence-corrected chi connectivity index (χ0v) is 8.39. The molecule has 6 nitrogen and oxygen atoms in total. The lowest BCUT2D eigenvalue weighted by Crippen LogP contribution is -2.15. The van der Waals surface area contributed by atoms with Crippen LogP contribution in [0, 0.1) is 0 Å². The Bertz CT molecular complexity index is 466. The van der Waals surface area contributed by atoms with Gasteiger partial charge in [-0.3, -0.25) is 4.79 Å². The first-order chi connectivity index (χ1) is 7.43. The molecule has 0 aromatic heterocycles. The quantitative estimate of drug-likeness (QED) is 0.433. The van der Waals surface area contributed by atoms with Gasteiger partial charge in [-0.25, -0.2) is 9.59 Å². The van der Waals surface area contributed by atoms with Gasteiger partial charge in [-0.05, 0) is 12.1 Å². The summed E-state index contributed by atoms with van der Waals surface area (Å²) in [6.45, 7) is 1.05. The Balaban J connectivity index is 3.23. The molecule has 1 aromatic carbocycles. The monoisotopic (exact) mass is 223 g/mol. The first-order valence-electron chi connectivity index (χ1n) is 4.28. The zero-order chi connectivity index (χ0) is 12.3. The van der Waals surface area contributed by atoms with E-state index in [1.165, 1.54) is 18.2 Å². The minimum Gasteiger partial charge on any atom is -0.478 e. The predicted octanol–water partition coefficient (Wildman–Crippen LogP) is 0.670. The van der Waals surface area contributed by atoms with Crippen LogP contribution in [0.5, 0.6) is 0 Å². The van der Waals surface area contributed by atoms with E-state index in [-0.39, 0.29) is 16.8 Å². The van der Waals surface area contributed by atoms with Crippen LogP contribution in [0.2, 0.25) is 0 Å². The maximum atomic E-state index is 11.4. The molecular formula is C10H9NO5. The van der Waals surface area contributed by atoms with Crippen molar-refractivity contribution in [3.05, 3.63) is 29.3 Å². The van der Waals surface area contributed by atoms with Crippen molar-refractivity contribution in [3.8, 4) is 0 Å². The molecule has 0 fully saturated rings. The van der Waals surface area contributed by atoms with Crippen LogP contribution in [0.25, 0.3) is 0 Å². The maximum absolute atomic E-state index is 11.4. The smallest absolute Gasteiger partial charge is 0.346 e. The molecule has 3 N–H and O–H groups in total. The predicted molar refractivity (Wildman–Crippen MR) is 53.9 cm³/mol. The highest BCUT2D eigenvalue weighted by molar-refractivity contribution is 6.07. The second-order valence-electron chi connectivity index (χ2n) is 2.96. The van der Waals surface area contributed by atoms with E-state index in [0.717, 1.165) is 6.92 Å². The molecule has 0 unspecified atom stereocenters. The highest BCUT2D eigenvalue weighted by Crippen LogP contribution is 2.18. The van der Waals surface area contributed by atoms with E-state index >= 15 is 0 Å². The van der Waals surface area contributed by atoms with Gasteiger partial charge in [0.05, 0.1) is 11.1 Å². The minimum atomic E-state index is -1.35. The Labute approximate surface area is 90.6 Å². The molecule has 0 atom stereocenters. The number of nitrogens with two attached hydrogens (primary N) is 1. The molecule has 0 aliphatic rings. The third kappa shape index (κ3) is 2.35. The van der Waals surface area contributed by atoms with E-state index < -0.39 is 17.9 Å². The summed E-state index contributed by atoms with van der Waals surface area (Å²) >= 11 is 0. The summed E-state index contributed by atoms with van der Waals surface area (Å²) in [7, 11) is 0. The number of carbonyl (C=O) groups excluding carboxylic acids is 2. The molecule has 0 saturated carbocycles. The SMILES string of the molecule is CC(=O)OC(=O)c1cccc(N)c1C(=O)O. The highest BCUT2D eigenvalue weighted by atomic mass is 16.6. The Kier molecular flexibility index (Phi) is 3.24. The number of hydrogen-bond acceptors (Lipinski definition) is 5.